The minimum atomic E-state index is -0.504. The second kappa shape index (κ2) is 11.7. The summed E-state index contributed by atoms with van der Waals surface area (Å²) in [6.45, 7) is 9.93. The van der Waals surface area contributed by atoms with E-state index in [-0.39, 0.29) is 6.61 Å². The molecule has 0 N–H and O–H groups in total. The Labute approximate surface area is 211 Å². The first-order valence-electron chi connectivity index (χ1n) is 11.4. The number of amides is 1. The normalized spacial score (nSPS) is 11.9. The topological polar surface area (TPSA) is 67.8 Å². The summed E-state index contributed by atoms with van der Waals surface area (Å²) < 4.78 is 11.9. The summed E-state index contributed by atoms with van der Waals surface area (Å²) in [7, 11) is 3.28. The third kappa shape index (κ3) is 5.92. The monoisotopic (exact) mass is 494 g/mol. The number of carbonyl (C=O) groups excluding carboxylic acids is 1. The Hall–Kier alpha value is -3.58. The molecule has 1 atom stereocenters. The van der Waals surface area contributed by atoms with Crippen molar-refractivity contribution in [3.05, 3.63) is 83.6 Å². The van der Waals surface area contributed by atoms with E-state index >= 15 is 0 Å². The van der Waals surface area contributed by atoms with Gasteiger partial charge in [-0.05, 0) is 32.4 Å². The van der Waals surface area contributed by atoms with Crippen molar-refractivity contribution in [3.63, 3.8) is 0 Å². The lowest BCUT2D eigenvalue weighted by Gasteiger charge is -2.22. The minimum absolute atomic E-state index is 0.163. The Bertz CT molecular complexity index is 1240. The Kier molecular flexibility index (Phi) is 8.71. The summed E-state index contributed by atoms with van der Waals surface area (Å²) in [4.78, 5) is 24.5. The van der Waals surface area contributed by atoms with Crippen LogP contribution < -0.4 is 9.64 Å². The zero-order valence-corrected chi connectivity index (χ0v) is 21.5. The van der Waals surface area contributed by atoms with Gasteiger partial charge in [0.2, 0.25) is 0 Å². The molecule has 2 heterocycles. The van der Waals surface area contributed by atoms with E-state index in [9.17, 15) is 4.79 Å². The maximum absolute atomic E-state index is 12.2. The summed E-state index contributed by atoms with van der Waals surface area (Å²) in [6.07, 6.45) is 8.51. The Balaban J connectivity index is 1.99. The predicted octanol–water partition coefficient (Wildman–Crippen LogP) is 6.80. The van der Waals surface area contributed by atoms with Crippen molar-refractivity contribution in [2.24, 2.45) is 0 Å². The van der Waals surface area contributed by atoms with Crippen LogP contribution in [0.5, 0.6) is 5.75 Å². The van der Waals surface area contributed by atoms with Crippen LogP contribution in [0.4, 0.5) is 10.5 Å². The lowest BCUT2D eigenvalue weighted by molar-refractivity contribution is 0.0712. The van der Waals surface area contributed by atoms with Crippen molar-refractivity contribution < 1.29 is 14.3 Å². The number of aryl methyl sites for hydroxylation is 1. The molecule has 0 aliphatic carbocycles. The molecule has 0 bridgehead atoms. The van der Waals surface area contributed by atoms with E-state index in [0.29, 0.717) is 28.3 Å². The van der Waals surface area contributed by atoms with Crippen LogP contribution in [0.3, 0.4) is 0 Å². The number of rotatable bonds is 9. The summed E-state index contributed by atoms with van der Waals surface area (Å²) in [5, 5.41) is 1.37. The van der Waals surface area contributed by atoms with Crippen LogP contribution in [-0.2, 0) is 11.3 Å². The molecular formula is C27H31ClN4O3. The first-order valence-corrected chi connectivity index (χ1v) is 11.8. The second-order valence-corrected chi connectivity index (χ2v) is 8.57. The standard InChI is InChI=1S/C27H31ClN4O3/c1-7-13-32(9-3)23-14-18(4)30-26-19(23)11-10-12-25(26)34-17-21-20(15-29-16-22(21)28)24(8-2)35-27(33)31(5)6/h7,9-16,24H,3,8,17H2,1-2,4-6H3/b13-7-. The van der Waals surface area contributed by atoms with Gasteiger partial charge in [-0.25, -0.2) is 9.78 Å². The van der Waals surface area contributed by atoms with Gasteiger partial charge in [-0.3, -0.25) is 4.98 Å². The van der Waals surface area contributed by atoms with Crippen molar-refractivity contribution >= 4 is 34.3 Å². The van der Waals surface area contributed by atoms with Crippen LogP contribution in [0.2, 0.25) is 5.02 Å². The van der Waals surface area contributed by atoms with E-state index < -0.39 is 12.2 Å². The number of benzene rings is 1. The molecule has 1 aromatic carbocycles. The lowest BCUT2D eigenvalue weighted by atomic mass is 10.0. The second-order valence-electron chi connectivity index (χ2n) is 8.16. The number of hydrogen-bond donors (Lipinski definition) is 0. The van der Waals surface area contributed by atoms with Gasteiger partial charge in [0.1, 0.15) is 24.0 Å². The highest BCUT2D eigenvalue weighted by Crippen LogP contribution is 2.35. The number of fused-ring (bicyclic) bond motifs is 1. The van der Waals surface area contributed by atoms with Crippen LogP contribution >= 0.6 is 11.6 Å². The average molecular weight is 495 g/mol. The van der Waals surface area contributed by atoms with E-state index in [4.69, 9.17) is 26.1 Å². The molecule has 1 amide bonds. The van der Waals surface area contributed by atoms with Crippen LogP contribution in [0.15, 0.2) is 61.7 Å². The fourth-order valence-electron chi connectivity index (χ4n) is 3.71. The molecule has 3 rings (SSSR count). The number of halogens is 1. The van der Waals surface area contributed by atoms with Crippen molar-refractivity contribution in [2.45, 2.75) is 39.9 Å². The number of nitrogens with zero attached hydrogens (tertiary/aromatic N) is 4. The quantitative estimate of drug-likeness (QED) is 0.325. The molecule has 184 valence electrons. The van der Waals surface area contributed by atoms with Gasteiger partial charge in [0.15, 0.2) is 0 Å². The average Bonchev–Trinajstić information content (AvgIpc) is 2.84. The fraction of sp³-hybridized carbons (Fsp3) is 0.296. The molecule has 0 fully saturated rings. The number of allylic oxidation sites excluding steroid dienone is 1. The first-order chi connectivity index (χ1) is 16.8. The van der Waals surface area contributed by atoms with Crippen LogP contribution in [-0.4, -0.2) is 35.1 Å². The lowest BCUT2D eigenvalue weighted by Crippen LogP contribution is -2.25. The highest BCUT2D eigenvalue weighted by atomic mass is 35.5. The number of ether oxygens (including phenoxy) is 2. The van der Waals surface area contributed by atoms with E-state index in [1.165, 1.54) is 4.90 Å². The molecule has 7 nitrogen and oxygen atoms in total. The van der Waals surface area contributed by atoms with Crippen molar-refractivity contribution in [3.8, 4) is 5.75 Å². The van der Waals surface area contributed by atoms with Crippen molar-refractivity contribution in [1.82, 2.24) is 14.9 Å². The molecule has 0 aliphatic rings. The van der Waals surface area contributed by atoms with Gasteiger partial charge in [0.25, 0.3) is 0 Å². The maximum Gasteiger partial charge on any atom is 0.409 e. The highest BCUT2D eigenvalue weighted by Gasteiger charge is 2.22. The highest BCUT2D eigenvalue weighted by molar-refractivity contribution is 6.31. The minimum Gasteiger partial charge on any atom is -0.487 e. The third-order valence-corrected chi connectivity index (χ3v) is 5.76. The zero-order valence-electron chi connectivity index (χ0n) is 20.8. The summed E-state index contributed by atoms with van der Waals surface area (Å²) in [5.41, 5.74) is 3.97. The molecule has 3 aromatic rings. The SMILES string of the molecule is C=CN(/C=C\C)c1cc(C)nc2c(OCc3c(Cl)cncc3C(CC)OC(=O)N(C)C)cccc12. The van der Waals surface area contributed by atoms with Crippen molar-refractivity contribution in [1.29, 1.82) is 0 Å². The van der Waals surface area contributed by atoms with Crippen LogP contribution in [0, 0.1) is 6.92 Å². The van der Waals surface area contributed by atoms with E-state index in [1.54, 1.807) is 32.7 Å². The fourth-order valence-corrected chi connectivity index (χ4v) is 3.93. The number of anilines is 1. The van der Waals surface area contributed by atoms with E-state index in [0.717, 1.165) is 22.3 Å². The van der Waals surface area contributed by atoms with Gasteiger partial charge in [-0.2, -0.15) is 0 Å². The Morgan fingerprint density at radius 3 is 2.71 bits per heavy atom. The maximum atomic E-state index is 12.2. The van der Waals surface area contributed by atoms with E-state index in [2.05, 4.69) is 11.6 Å². The van der Waals surface area contributed by atoms with Crippen LogP contribution in [0.1, 0.15) is 43.2 Å². The largest absolute Gasteiger partial charge is 0.487 e. The number of para-hydroxylation sites is 1. The predicted molar refractivity (Wildman–Crippen MR) is 141 cm³/mol. The molecule has 0 spiro atoms. The molecular weight excluding hydrogens is 464 g/mol. The number of hydrogen-bond acceptors (Lipinski definition) is 6. The molecule has 0 radical (unpaired) electrons. The van der Waals surface area contributed by atoms with Crippen molar-refractivity contribution in [2.75, 3.05) is 19.0 Å². The van der Waals surface area contributed by atoms with Gasteiger partial charge in [-0.15, -0.1) is 0 Å². The number of aromatic nitrogens is 2. The smallest absolute Gasteiger partial charge is 0.409 e. The molecule has 2 aromatic heterocycles. The molecule has 0 saturated carbocycles. The summed E-state index contributed by atoms with van der Waals surface area (Å²) in [5.74, 6) is 0.620. The van der Waals surface area contributed by atoms with Gasteiger partial charge in [0.05, 0.1) is 10.7 Å². The van der Waals surface area contributed by atoms with Gasteiger partial charge in [-0.1, -0.05) is 43.3 Å². The molecule has 1 unspecified atom stereocenters. The molecule has 0 saturated heterocycles. The zero-order chi connectivity index (χ0) is 25.5. The summed E-state index contributed by atoms with van der Waals surface area (Å²) in [6, 6.07) is 7.82. The van der Waals surface area contributed by atoms with Crippen LogP contribution in [0.25, 0.3) is 10.9 Å². The first kappa shape index (κ1) is 26.0. The Morgan fingerprint density at radius 1 is 1.29 bits per heavy atom. The van der Waals surface area contributed by atoms with E-state index in [1.807, 2.05) is 62.2 Å². The number of pyridine rings is 2. The number of carbonyl (C=O) groups is 1. The summed E-state index contributed by atoms with van der Waals surface area (Å²) >= 11 is 6.53. The van der Waals surface area contributed by atoms with Gasteiger partial charge < -0.3 is 19.3 Å². The molecule has 35 heavy (non-hydrogen) atoms. The molecule has 8 heteroatoms. The third-order valence-electron chi connectivity index (χ3n) is 5.43. The van der Waals surface area contributed by atoms with Gasteiger partial charge >= 0.3 is 6.09 Å². The Morgan fingerprint density at radius 2 is 2.06 bits per heavy atom. The van der Waals surface area contributed by atoms with Gasteiger partial charge in [0, 0.05) is 61.1 Å². The molecule has 0 aliphatic heterocycles.